The van der Waals surface area contributed by atoms with E-state index in [-0.39, 0.29) is 12.0 Å². The second-order valence-electron chi connectivity index (χ2n) is 12.1. The topological polar surface area (TPSA) is 114 Å². The number of nitrogens with zero attached hydrogens (tertiary/aromatic N) is 4. The number of carboxylic acids is 2. The van der Waals surface area contributed by atoms with Crippen molar-refractivity contribution in [1.29, 1.82) is 0 Å². The van der Waals surface area contributed by atoms with Crippen LogP contribution in [0.4, 0.5) is 18.9 Å². The largest absolute Gasteiger partial charge is 0.478 e. The highest BCUT2D eigenvalue weighted by Gasteiger charge is 2.32. The Morgan fingerprint density at radius 3 is 1.66 bits per heavy atom. The lowest BCUT2D eigenvalue weighted by atomic mass is 10.0. The SMILES string of the molecule is CC(C(=O)OC(c1ccccc1)c1ccccc1)N1CCN(CCN2CCN(c3cccc(C(F)(F)F)c3)CC2)CC1.O=C(O)/C=C/C(=O)O. The van der Waals surface area contributed by atoms with Crippen LogP contribution >= 0.6 is 0 Å². The van der Waals surface area contributed by atoms with Gasteiger partial charge in [0.25, 0.3) is 0 Å². The first-order chi connectivity index (χ1) is 23.9. The fourth-order valence-corrected chi connectivity index (χ4v) is 5.86. The molecule has 2 saturated heterocycles. The Hall–Kier alpha value is -4.72. The summed E-state index contributed by atoms with van der Waals surface area (Å²) < 4.78 is 45.4. The predicted molar refractivity (Wildman–Crippen MR) is 183 cm³/mol. The standard InChI is InChI=1S/C33H39F3N4O2.C4H4O4/c1-26(32(41)42-31(27-9-4-2-5-10-27)28-11-6-3-7-12-28)39-21-17-37(18-22-39)15-16-38-19-23-40(24-20-38)30-14-8-13-29(25-30)33(34,35)36;5-3(6)1-2-4(7)8/h2-14,25-26,31H,15-24H2,1H3;1-2H,(H,5,6)(H,7,8)/b;2-1+. The number of aliphatic carboxylic acids is 2. The minimum absolute atomic E-state index is 0.222. The second-order valence-corrected chi connectivity index (χ2v) is 12.1. The summed E-state index contributed by atoms with van der Waals surface area (Å²) in [5.41, 5.74) is 1.93. The molecule has 0 aromatic heterocycles. The summed E-state index contributed by atoms with van der Waals surface area (Å²) in [6, 6.07) is 24.9. The fourth-order valence-electron chi connectivity index (χ4n) is 5.86. The third kappa shape index (κ3) is 11.7. The molecule has 0 aliphatic carbocycles. The van der Waals surface area contributed by atoms with Gasteiger partial charge in [-0.1, -0.05) is 66.7 Å². The molecule has 2 fully saturated rings. The van der Waals surface area contributed by atoms with Gasteiger partial charge in [0.2, 0.25) is 0 Å². The first kappa shape index (κ1) is 38.1. The van der Waals surface area contributed by atoms with Crippen LogP contribution in [0.25, 0.3) is 0 Å². The van der Waals surface area contributed by atoms with E-state index in [9.17, 15) is 27.6 Å². The lowest BCUT2D eigenvalue weighted by molar-refractivity contribution is -0.154. The molecule has 2 aliphatic heterocycles. The van der Waals surface area contributed by atoms with E-state index >= 15 is 0 Å². The number of halogens is 3. The van der Waals surface area contributed by atoms with Crippen LogP contribution in [-0.4, -0.2) is 114 Å². The molecule has 268 valence electrons. The number of ether oxygens (including phenoxy) is 1. The number of carbonyl (C=O) groups is 3. The lowest BCUT2D eigenvalue weighted by Crippen LogP contribution is -2.54. The van der Waals surface area contributed by atoms with E-state index in [1.54, 1.807) is 6.07 Å². The zero-order chi connectivity index (χ0) is 36.1. The quantitative estimate of drug-likeness (QED) is 0.213. The zero-order valence-electron chi connectivity index (χ0n) is 27.9. The van der Waals surface area contributed by atoms with E-state index in [0.717, 1.165) is 69.6 Å². The highest BCUT2D eigenvalue weighted by molar-refractivity contribution is 5.89. The van der Waals surface area contributed by atoms with Gasteiger partial charge < -0.3 is 19.8 Å². The molecule has 1 atom stereocenters. The maximum absolute atomic E-state index is 13.3. The van der Waals surface area contributed by atoms with Gasteiger partial charge in [-0.15, -0.1) is 0 Å². The zero-order valence-corrected chi connectivity index (χ0v) is 27.9. The summed E-state index contributed by atoms with van der Waals surface area (Å²) in [5.74, 6) is -2.74. The Morgan fingerprint density at radius 1 is 0.720 bits per heavy atom. The smallest absolute Gasteiger partial charge is 0.416 e. The molecule has 13 heteroatoms. The molecule has 3 aromatic carbocycles. The van der Waals surface area contributed by atoms with Gasteiger partial charge in [0.05, 0.1) is 5.56 Å². The van der Waals surface area contributed by atoms with Crippen LogP contribution < -0.4 is 4.90 Å². The monoisotopic (exact) mass is 696 g/mol. The van der Waals surface area contributed by atoms with Crippen LogP contribution in [0.5, 0.6) is 0 Å². The Morgan fingerprint density at radius 2 is 1.20 bits per heavy atom. The van der Waals surface area contributed by atoms with Crippen LogP contribution in [0, 0.1) is 0 Å². The normalized spacial score (nSPS) is 16.9. The van der Waals surface area contributed by atoms with Crippen molar-refractivity contribution in [3.8, 4) is 0 Å². The number of alkyl halides is 3. The first-order valence-corrected chi connectivity index (χ1v) is 16.5. The molecule has 2 N–H and O–H groups in total. The van der Waals surface area contributed by atoms with Crippen molar-refractivity contribution in [2.24, 2.45) is 0 Å². The van der Waals surface area contributed by atoms with Gasteiger partial charge in [-0.25, -0.2) is 9.59 Å². The molecule has 0 amide bonds. The van der Waals surface area contributed by atoms with E-state index in [1.165, 1.54) is 12.1 Å². The van der Waals surface area contributed by atoms with Crippen LogP contribution in [0.3, 0.4) is 0 Å². The van der Waals surface area contributed by atoms with Crippen molar-refractivity contribution < 1.29 is 42.5 Å². The van der Waals surface area contributed by atoms with Gasteiger partial charge in [-0.3, -0.25) is 19.5 Å². The maximum Gasteiger partial charge on any atom is 0.416 e. The van der Waals surface area contributed by atoms with Gasteiger partial charge in [0, 0.05) is 83.3 Å². The molecule has 5 rings (SSSR count). The van der Waals surface area contributed by atoms with E-state index in [0.29, 0.717) is 30.9 Å². The minimum Gasteiger partial charge on any atom is -0.478 e. The van der Waals surface area contributed by atoms with Gasteiger partial charge in [0.1, 0.15) is 6.04 Å². The molecule has 2 heterocycles. The average Bonchev–Trinajstić information content (AvgIpc) is 3.13. The summed E-state index contributed by atoms with van der Waals surface area (Å²) in [5, 5.41) is 15.6. The number of hydrogen-bond acceptors (Lipinski definition) is 8. The van der Waals surface area contributed by atoms with Crippen LogP contribution in [0.15, 0.2) is 97.1 Å². The number of carboxylic acid groups (broad SMARTS) is 2. The molecule has 50 heavy (non-hydrogen) atoms. The molecule has 2 aliphatic rings. The summed E-state index contributed by atoms with van der Waals surface area (Å²) in [4.78, 5) is 41.4. The number of rotatable bonds is 11. The molecule has 1 unspecified atom stereocenters. The van der Waals surface area contributed by atoms with E-state index in [4.69, 9.17) is 14.9 Å². The van der Waals surface area contributed by atoms with Crippen molar-refractivity contribution in [3.63, 3.8) is 0 Å². The molecule has 0 spiro atoms. The number of esters is 1. The lowest BCUT2D eigenvalue weighted by Gasteiger charge is -2.40. The number of hydrogen-bond donors (Lipinski definition) is 2. The van der Waals surface area contributed by atoms with Crippen molar-refractivity contribution in [1.82, 2.24) is 14.7 Å². The average molecular weight is 697 g/mol. The Balaban J connectivity index is 0.000000627. The van der Waals surface area contributed by atoms with E-state index in [1.807, 2.05) is 72.5 Å². The van der Waals surface area contributed by atoms with Crippen molar-refractivity contribution in [2.75, 3.05) is 70.3 Å². The van der Waals surface area contributed by atoms with Crippen LogP contribution in [-0.2, 0) is 25.3 Å². The van der Waals surface area contributed by atoms with Crippen LogP contribution in [0.1, 0.15) is 29.7 Å². The highest BCUT2D eigenvalue weighted by Crippen LogP contribution is 2.32. The molecule has 0 radical (unpaired) electrons. The number of benzene rings is 3. The number of carbonyl (C=O) groups excluding carboxylic acids is 1. The maximum atomic E-state index is 13.3. The van der Waals surface area contributed by atoms with Gasteiger partial charge in [0.15, 0.2) is 6.10 Å². The predicted octanol–water partition coefficient (Wildman–Crippen LogP) is 4.88. The molecule has 10 nitrogen and oxygen atoms in total. The molecular weight excluding hydrogens is 653 g/mol. The number of anilines is 1. The van der Waals surface area contributed by atoms with Crippen LogP contribution in [0.2, 0.25) is 0 Å². The molecule has 3 aromatic rings. The summed E-state index contributed by atoms with van der Waals surface area (Å²) >= 11 is 0. The van der Waals surface area contributed by atoms with Crippen molar-refractivity contribution in [3.05, 3.63) is 114 Å². The van der Waals surface area contributed by atoms with E-state index < -0.39 is 29.8 Å². The Labute approximate surface area is 290 Å². The number of piperazine rings is 2. The third-order valence-corrected chi connectivity index (χ3v) is 8.75. The van der Waals surface area contributed by atoms with Gasteiger partial charge in [-0.05, 0) is 36.2 Å². The minimum atomic E-state index is -4.33. The van der Waals surface area contributed by atoms with Crippen molar-refractivity contribution in [2.45, 2.75) is 25.2 Å². The molecule has 0 saturated carbocycles. The summed E-state index contributed by atoms with van der Waals surface area (Å²) in [6.07, 6.45) is -3.66. The van der Waals surface area contributed by atoms with Gasteiger partial charge in [-0.2, -0.15) is 13.2 Å². The molecule has 0 bridgehead atoms. The highest BCUT2D eigenvalue weighted by atomic mass is 19.4. The van der Waals surface area contributed by atoms with E-state index in [2.05, 4.69) is 14.7 Å². The Kier molecular flexibility index (Phi) is 14.0. The van der Waals surface area contributed by atoms with Crippen molar-refractivity contribution >= 4 is 23.6 Å². The summed E-state index contributed by atoms with van der Waals surface area (Å²) in [7, 11) is 0. The Bertz CT molecular complexity index is 1500. The fraction of sp³-hybridized carbons (Fsp3) is 0.378. The summed E-state index contributed by atoms with van der Waals surface area (Å²) in [6.45, 7) is 10.2. The molecular formula is C37H43F3N4O6. The first-order valence-electron chi connectivity index (χ1n) is 16.5. The second kappa shape index (κ2) is 18.3. The van der Waals surface area contributed by atoms with Gasteiger partial charge >= 0.3 is 24.1 Å². The third-order valence-electron chi connectivity index (χ3n) is 8.75.